The highest BCUT2D eigenvalue weighted by Crippen LogP contribution is 2.16. The molecular weight excluding hydrogens is 250 g/mol. The van der Waals surface area contributed by atoms with Crippen LogP contribution in [0.2, 0.25) is 0 Å². The molecule has 0 aliphatic carbocycles. The van der Waals surface area contributed by atoms with E-state index < -0.39 is 17.1 Å². The zero-order valence-corrected chi connectivity index (χ0v) is 11.6. The molecule has 0 bridgehead atoms. The lowest BCUT2D eigenvalue weighted by Crippen LogP contribution is -2.39. The number of aliphatic hydroxyl groups excluding tert-OH is 1. The minimum Gasteiger partial charge on any atom is -0.386 e. The topological polar surface area (TPSA) is 81.8 Å². The predicted octanol–water partition coefficient (Wildman–Crippen LogP) is 2.12. The van der Waals surface area contributed by atoms with Gasteiger partial charge in [0.25, 0.3) is 6.04 Å². The molecule has 0 saturated carbocycles. The average Bonchev–Trinajstić information content (AvgIpc) is 2.87. The third-order valence-corrected chi connectivity index (χ3v) is 3.41. The summed E-state index contributed by atoms with van der Waals surface area (Å²) < 4.78 is 10.6. The summed E-state index contributed by atoms with van der Waals surface area (Å²) in [4.78, 5) is 10.5. The number of nitrogens with zero attached hydrogens (tertiary/aromatic N) is 1. The second-order valence-corrected chi connectivity index (χ2v) is 5.05. The number of unbranched alkanes of at least 4 members (excludes halogenated alkanes) is 3. The Balaban J connectivity index is 2.27. The summed E-state index contributed by atoms with van der Waals surface area (Å²) in [7, 11) is 0. The SMILES string of the molecule is CCCCCCC(O)C(COC1CCCO1)[N+](=O)[O-]. The van der Waals surface area contributed by atoms with E-state index in [9.17, 15) is 15.2 Å². The molecule has 6 heteroatoms. The van der Waals surface area contributed by atoms with Gasteiger partial charge in [-0.15, -0.1) is 0 Å². The van der Waals surface area contributed by atoms with Crippen LogP contribution in [0.3, 0.4) is 0 Å². The Morgan fingerprint density at radius 3 is 2.84 bits per heavy atom. The Bertz CT molecular complexity index is 255. The summed E-state index contributed by atoms with van der Waals surface area (Å²) >= 11 is 0. The average molecular weight is 275 g/mol. The first-order chi connectivity index (χ1) is 9.15. The van der Waals surface area contributed by atoms with Crippen LogP contribution < -0.4 is 0 Å². The molecule has 0 radical (unpaired) electrons. The molecule has 1 aliphatic rings. The van der Waals surface area contributed by atoms with Gasteiger partial charge in [-0.1, -0.05) is 32.6 Å². The molecule has 19 heavy (non-hydrogen) atoms. The van der Waals surface area contributed by atoms with E-state index in [1.165, 1.54) is 0 Å². The zero-order valence-electron chi connectivity index (χ0n) is 11.6. The summed E-state index contributed by atoms with van der Waals surface area (Å²) in [5.74, 6) is 0. The molecule has 1 aliphatic heterocycles. The van der Waals surface area contributed by atoms with Crippen LogP contribution in [0.5, 0.6) is 0 Å². The van der Waals surface area contributed by atoms with Crippen LogP contribution in [-0.2, 0) is 9.47 Å². The van der Waals surface area contributed by atoms with Gasteiger partial charge >= 0.3 is 0 Å². The lowest BCUT2D eigenvalue weighted by Gasteiger charge is -2.18. The third kappa shape index (κ3) is 6.31. The van der Waals surface area contributed by atoms with Gasteiger partial charge in [-0.05, 0) is 12.8 Å². The molecule has 1 N–H and O–H groups in total. The van der Waals surface area contributed by atoms with Crippen molar-refractivity contribution in [3.8, 4) is 0 Å². The molecule has 6 nitrogen and oxygen atoms in total. The molecule has 1 heterocycles. The maximum Gasteiger partial charge on any atom is 0.261 e. The molecule has 0 aromatic rings. The quantitative estimate of drug-likeness (QED) is 0.375. The van der Waals surface area contributed by atoms with E-state index >= 15 is 0 Å². The Morgan fingerprint density at radius 2 is 2.26 bits per heavy atom. The second kappa shape index (κ2) is 9.23. The molecule has 1 rings (SSSR count). The summed E-state index contributed by atoms with van der Waals surface area (Å²) in [6, 6.07) is -1.05. The summed E-state index contributed by atoms with van der Waals surface area (Å²) in [6.45, 7) is 2.67. The fraction of sp³-hybridized carbons (Fsp3) is 1.00. The maximum absolute atomic E-state index is 11.0. The van der Waals surface area contributed by atoms with Crippen LogP contribution >= 0.6 is 0 Å². The minimum atomic E-state index is -1.05. The van der Waals surface area contributed by atoms with Gasteiger partial charge in [-0.2, -0.15) is 0 Å². The van der Waals surface area contributed by atoms with E-state index in [1.54, 1.807) is 0 Å². The highest BCUT2D eigenvalue weighted by Gasteiger charge is 2.31. The van der Waals surface area contributed by atoms with Crippen LogP contribution in [0.4, 0.5) is 0 Å². The van der Waals surface area contributed by atoms with Crippen molar-refractivity contribution in [1.29, 1.82) is 0 Å². The fourth-order valence-electron chi connectivity index (χ4n) is 2.17. The standard InChI is InChI=1S/C13H25NO5/c1-2-3-4-5-7-12(15)11(14(16)17)10-19-13-8-6-9-18-13/h11-13,15H,2-10H2,1H3. The fourth-order valence-corrected chi connectivity index (χ4v) is 2.17. The molecule has 0 aromatic carbocycles. The number of nitro groups is 1. The van der Waals surface area contributed by atoms with Gasteiger partial charge in [-0.3, -0.25) is 10.1 Å². The zero-order chi connectivity index (χ0) is 14.1. The van der Waals surface area contributed by atoms with Crippen molar-refractivity contribution in [2.45, 2.75) is 70.3 Å². The minimum absolute atomic E-state index is 0.0768. The lowest BCUT2D eigenvalue weighted by atomic mass is 10.0. The van der Waals surface area contributed by atoms with E-state index in [4.69, 9.17) is 9.47 Å². The number of hydrogen-bond acceptors (Lipinski definition) is 5. The predicted molar refractivity (Wildman–Crippen MR) is 70.5 cm³/mol. The monoisotopic (exact) mass is 275 g/mol. The first-order valence-electron chi connectivity index (χ1n) is 7.20. The van der Waals surface area contributed by atoms with Crippen molar-refractivity contribution < 1.29 is 19.5 Å². The Kier molecular flexibility index (Phi) is 7.93. The van der Waals surface area contributed by atoms with Crippen LogP contribution in [0.1, 0.15) is 51.9 Å². The normalized spacial score (nSPS) is 22.3. The first-order valence-corrected chi connectivity index (χ1v) is 7.20. The molecule has 0 spiro atoms. The van der Waals surface area contributed by atoms with Gasteiger partial charge in [0.1, 0.15) is 12.7 Å². The Morgan fingerprint density at radius 1 is 1.47 bits per heavy atom. The van der Waals surface area contributed by atoms with Gasteiger partial charge in [-0.25, -0.2) is 0 Å². The number of rotatable bonds is 10. The molecule has 1 saturated heterocycles. The van der Waals surface area contributed by atoms with Gasteiger partial charge in [0.05, 0.1) is 0 Å². The van der Waals surface area contributed by atoms with Crippen LogP contribution in [0.25, 0.3) is 0 Å². The largest absolute Gasteiger partial charge is 0.386 e. The molecular formula is C13H25NO5. The highest BCUT2D eigenvalue weighted by molar-refractivity contribution is 4.69. The number of ether oxygens (including phenoxy) is 2. The van der Waals surface area contributed by atoms with Gasteiger partial charge in [0.15, 0.2) is 6.29 Å². The summed E-state index contributed by atoms with van der Waals surface area (Å²) in [5.41, 5.74) is 0. The molecule has 0 amide bonds. The van der Waals surface area contributed by atoms with Crippen molar-refractivity contribution in [1.82, 2.24) is 0 Å². The van der Waals surface area contributed by atoms with Crippen LogP contribution in [0, 0.1) is 10.1 Å². The van der Waals surface area contributed by atoms with Crippen molar-refractivity contribution in [3.05, 3.63) is 10.1 Å². The van der Waals surface area contributed by atoms with Gasteiger partial charge < -0.3 is 14.6 Å². The second-order valence-electron chi connectivity index (χ2n) is 5.05. The Labute approximate surface area is 114 Å². The number of aliphatic hydroxyl groups is 1. The van der Waals surface area contributed by atoms with Crippen molar-refractivity contribution in [3.63, 3.8) is 0 Å². The van der Waals surface area contributed by atoms with Crippen LogP contribution in [0.15, 0.2) is 0 Å². The van der Waals surface area contributed by atoms with E-state index in [0.717, 1.165) is 38.5 Å². The summed E-state index contributed by atoms with van der Waals surface area (Å²) in [5, 5.41) is 20.8. The lowest BCUT2D eigenvalue weighted by molar-refractivity contribution is -0.540. The van der Waals surface area contributed by atoms with Crippen molar-refractivity contribution >= 4 is 0 Å². The van der Waals surface area contributed by atoms with Gasteiger partial charge in [0, 0.05) is 18.0 Å². The molecule has 1 fully saturated rings. The smallest absolute Gasteiger partial charge is 0.261 e. The van der Waals surface area contributed by atoms with E-state index in [1.807, 2.05) is 0 Å². The van der Waals surface area contributed by atoms with E-state index in [2.05, 4.69) is 6.92 Å². The summed E-state index contributed by atoms with van der Waals surface area (Å²) in [6.07, 6.45) is 4.91. The maximum atomic E-state index is 11.0. The van der Waals surface area contributed by atoms with Crippen molar-refractivity contribution in [2.75, 3.05) is 13.2 Å². The molecule has 3 unspecified atom stereocenters. The third-order valence-electron chi connectivity index (χ3n) is 3.41. The number of hydrogen-bond donors (Lipinski definition) is 1. The molecule has 0 aromatic heterocycles. The molecule has 112 valence electrons. The van der Waals surface area contributed by atoms with Crippen LogP contribution in [-0.4, -0.2) is 41.7 Å². The molecule has 3 atom stereocenters. The van der Waals surface area contributed by atoms with Gasteiger partial charge in [0.2, 0.25) is 0 Å². The highest BCUT2D eigenvalue weighted by atomic mass is 16.7. The Hall–Kier alpha value is -0.720. The van der Waals surface area contributed by atoms with Crippen molar-refractivity contribution in [2.24, 2.45) is 0 Å². The first kappa shape index (κ1) is 16.3. The van der Waals surface area contributed by atoms with E-state index in [-0.39, 0.29) is 12.9 Å². The van der Waals surface area contributed by atoms with E-state index in [0.29, 0.717) is 13.0 Å².